The lowest BCUT2D eigenvalue weighted by molar-refractivity contribution is 0.0530. The van der Waals surface area contributed by atoms with Gasteiger partial charge in [0, 0.05) is 19.1 Å². The second-order valence-corrected chi connectivity index (χ2v) is 6.11. The van der Waals surface area contributed by atoms with Gasteiger partial charge in [0.05, 0.1) is 0 Å². The molecule has 8 heteroatoms. The third-order valence-corrected chi connectivity index (χ3v) is 2.63. The Morgan fingerprint density at radius 3 is 2.59 bits per heavy atom. The monoisotopic (exact) mass is 308 g/mol. The Hall–Kier alpha value is -2.43. The molecule has 0 aliphatic carbocycles. The molecule has 1 amide bonds. The third kappa shape index (κ3) is 4.84. The van der Waals surface area contributed by atoms with Gasteiger partial charge in [-0.1, -0.05) is 0 Å². The van der Waals surface area contributed by atoms with Crippen LogP contribution in [0.15, 0.2) is 0 Å². The molecular formula is C14H24N6O2. The minimum Gasteiger partial charge on any atom is -0.444 e. The SMILES string of the molecule is CC(C)n1nc(NCCNC(=O)OC(C)(C)C)c(C#N)c1N. The van der Waals surface area contributed by atoms with Crippen LogP contribution in [-0.4, -0.2) is 34.6 Å². The van der Waals surface area contributed by atoms with E-state index in [1.807, 2.05) is 19.9 Å². The lowest BCUT2D eigenvalue weighted by atomic mass is 10.2. The zero-order valence-electron chi connectivity index (χ0n) is 13.7. The Kier molecular flexibility index (Phi) is 5.63. The molecule has 0 aliphatic rings. The number of alkyl carbamates (subject to hydrolysis) is 1. The average molecular weight is 308 g/mol. The van der Waals surface area contributed by atoms with Crippen molar-refractivity contribution >= 4 is 17.7 Å². The molecule has 0 bridgehead atoms. The standard InChI is InChI=1S/C14H24N6O2/c1-9(2)20-11(16)10(8-15)12(19-20)17-6-7-18-13(21)22-14(3,4)5/h9H,6-7,16H2,1-5H3,(H,17,19)(H,18,21). The number of carbonyl (C=O) groups excluding carboxylic acids is 1. The Bertz CT molecular complexity index is 565. The number of rotatable bonds is 5. The highest BCUT2D eigenvalue weighted by Gasteiger charge is 2.17. The molecule has 0 spiro atoms. The van der Waals surface area contributed by atoms with E-state index in [4.69, 9.17) is 15.7 Å². The number of nitriles is 1. The van der Waals surface area contributed by atoms with Crippen LogP contribution >= 0.6 is 0 Å². The Morgan fingerprint density at radius 2 is 2.09 bits per heavy atom. The molecule has 1 rings (SSSR count). The Morgan fingerprint density at radius 1 is 1.45 bits per heavy atom. The van der Waals surface area contributed by atoms with Gasteiger partial charge in [-0.15, -0.1) is 0 Å². The minimum atomic E-state index is -0.532. The summed E-state index contributed by atoms with van der Waals surface area (Å²) in [5.74, 6) is 0.750. The van der Waals surface area contributed by atoms with Gasteiger partial charge in [-0.2, -0.15) is 10.4 Å². The topological polar surface area (TPSA) is 118 Å². The summed E-state index contributed by atoms with van der Waals surface area (Å²) in [6.07, 6.45) is -0.484. The van der Waals surface area contributed by atoms with Crippen LogP contribution in [0.25, 0.3) is 0 Å². The molecule has 0 aromatic carbocycles. The van der Waals surface area contributed by atoms with Crippen LogP contribution in [0.3, 0.4) is 0 Å². The smallest absolute Gasteiger partial charge is 0.407 e. The highest BCUT2D eigenvalue weighted by molar-refractivity contribution is 5.68. The van der Waals surface area contributed by atoms with Gasteiger partial charge in [-0.25, -0.2) is 9.48 Å². The van der Waals surface area contributed by atoms with E-state index >= 15 is 0 Å². The van der Waals surface area contributed by atoms with Crippen molar-refractivity contribution in [3.63, 3.8) is 0 Å². The summed E-state index contributed by atoms with van der Waals surface area (Å²) < 4.78 is 6.71. The zero-order valence-corrected chi connectivity index (χ0v) is 13.7. The fourth-order valence-electron chi connectivity index (χ4n) is 1.73. The number of nitrogens with two attached hydrogens (primary N) is 1. The van der Waals surface area contributed by atoms with E-state index < -0.39 is 11.7 Å². The van der Waals surface area contributed by atoms with Crippen LogP contribution in [0.4, 0.5) is 16.4 Å². The molecule has 0 fully saturated rings. The molecular weight excluding hydrogens is 284 g/mol. The van der Waals surface area contributed by atoms with Crippen molar-refractivity contribution in [3.05, 3.63) is 5.56 Å². The predicted molar refractivity (Wildman–Crippen MR) is 84.5 cm³/mol. The number of ether oxygens (including phenoxy) is 1. The molecule has 0 aliphatic heterocycles. The van der Waals surface area contributed by atoms with Crippen LogP contribution in [0.2, 0.25) is 0 Å². The minimum absolute atomic E-state index is 0.0579. The molecule has 0 unspecified atom stereocenters. The number of aromatic nitrogens is 2. The van der Waals surface area contributed by atoms with Gasteiger partial charge in [0.15, 0.2) is 5.82 Å². The normalized spacial score (nSPS) is 11.1. The van der Waals surface area contributed by atoms with Crippen molar-refractivity contribution in [1.82, 2.24) is 15.1 Å². The predicted octanol–water partition coefficient (Wildman–Crippen LogP) is 1.85. The van der Waals surface area contributed by atoms with Crippen molar-refractivity contribution in [2.45, 2.75) is 46.3 Å². The summed E-state index contributed by atoms with van der Waals surface area (Å²) in [6.45, 7) is 10.00. The van der Waals surface area contributed by atoms with Gasteiger partial charge < -0.3 is 21.1 Å². The second kappa shape index (κ2) is 7.02. The second-order valence-electron chi connectivity index (χ2n) is 6.11. The molecule has 122 valence electrons. The molecule has 4 N–H and O–H groups in total. The first-order chi connectivity index (χ1) is 10.2. The van der Waals surface area contributed by atoms with Gasteiger partial charge in [-0.3, -0.25) is 0 Å². The number of nitrogen functional groups attached to an aromatic ring is 1. The van der Waals surface area contributed by atoms with Crippen LogP contribution in [0, 0.1) is 11.3 Å². The fraction of sp³-hybridized carbons (Fsp3) is 0.643. The maximum absolute atomic E-state index is 11.5. The molecule has 22 heavy (non-hydrogen) atoms. The first-order valence-electron chi connectivity index (χ1n) is 7.14. The van der Waals surface area contributed by atoms with Crippen molar-refractivity contribution in [2.24, 2.45) is 0 Å². The maximum Gasteiger partial charge on any atom is 0.407 e. The van der Waals surface area contributed by atoms with Crippen molar-refractivity contribution in [2.75, 3.05) is 24.1 Å². The van der Waals surface area contributed by atoms with Gasteiger partial charge in [0.1, 0.15) is 23.1 Å². The van der Waals surface area contributed by atoms with Crippen molar-refractivity contribution in [3.8, 4) is 6.07 Å². The Labute approximate surface area is 130 Å². The van der Waals surface area contributed by atoms with Crippen LogP contribution in [-0.2, 0) is 4.74 Å². The van der Waals surface area contributed by atoms with E-state index in [9.17, 15) is 4.79 Å². The molecule has 0 radical (unpaired) electrons. The first-order valence-corrected chi connectivity index (χ1v) is 7.14. The van der Waals surface area contributed by atoms with E-state index in [1.165, 1.54) is 0 Å². The van der Waals surface area contributed by atoms with E-state index in [-0.39, 0.29) is 6.04 Å². The van der Waals surface area contributed by atoms with E-state index in [0.717, 1.165) is 0 Å². The lowest BCUT2D eigenvalue weighted by Gasteiger charge is -2.19. The number of anilines is 2. The summed E-state index contributed by atoms with van der Waals surface area (Å²) >= 11 is 0. The van der Waals surface area contributed by atoms with E-state index in [1.54, 1.807) is 25.5 Å². The fourth-order valence-corrected chi connectivity index (χ4v) is 1.73. The first kappa shape index (κ1) is 17.6. The highest BCUT2D eigenvalue weighted by Crippen LogP contribution is 2.23. The Balaban J connectivity index is 2.54. The largest absolute Gasteiger partial charge is 0.444 e. The number of hydrogen-bond donors (Lipinski definition) is 3. The molecule has 8 nitrogen and oxygen atoms in total. The zero-order chi connectivity index (χ0) is 16.9. The average Bonchev–Trinajstić information content (AvgIpc) is 2.69. The molecule has 1 aromatic heterocycles. The van der Waals surface area contributed by atoms with Crippen LogP contribution in [0.5, 0.6) is 0 Å². The number of nitrogens with zero attached hydrogens (tertiary/aromatic N) is 3. The van der Waals surface area contributed by atoms with E-state index in [0.29, 0.717) is 30.3 Å². The van der Waals surface area contributed by atoms with Gasteiger partial charge in [0.25, 0.3) is 0 Å². The molecule has 1 aromatic rings. The number of hydrogen-bond acceptors (Lipinski definition) is 6. The lowest BCUT2D eigenvalue weighted by Crippen LogP contribution is -2.35. The van der Waals surface area contributed by atoms with Gasteiger partial charge in [-0.05, 0) is 34.6 Å². The summed E-state index contributed by atoms with van der Waals surface area (Å²) in [5, 5.41) is 19.0. The molecule has 0 saturated carbocycles. The van der Waals surface area contributed by atoms with Gasteiger partial charge >= 0.3 is 6.09 Å². The maximum atomic E-state index is 11.5. The summed E-state index contributed by atoms with van der Waals surface area (Å²) in [6, 6.07) is 2.09. The summed E-state index contributed by atoms with van der Waals surface area (Å²) in [7, 11) is 0. The van der Waals surface area contributed by atoms with Crippen molar-refractivity contribution < 1.29 is 9.53 Å². The molecule has 0 saturated heterocycles. The summed E-state index contributed by atoms with van der Waals surface area (Å²) in [4.78, 5) is 11.5. The quantitative estimate of drug-likeness (QED) is 0.714. The van der Waals surface area contributed by atoms with Crippen LogP contribution in [0.1, 0.15) is 46.2 Å². The molecule has 1 heterocycles. The third-order valence-electron chi connectivity index (χ3n) is 2.63. The highest BCUT2D eigenvalue weighted by atomic mass is 16.6. The number of nitrogens with one attached hydrogen (secondary N) is 2. The van der Waals surface area contributed by atoms with Crippen LogP contribution < -0.4 is 16.4 Å². The van der Waals surface area contributed by atoms with E-state index in [2.05, 4.69) is 15.7 Å². The van der Waals surface area contributed by atoms with Crippen molar-refractivity contribution in [1.29, 1.82) is 5.26 Å². The number of amides is 1. The molecule has 0 atom stereocenters. The number of carbonyl (C=O) groups is 1. The summed E-state index contributed by atoms with van der Waals surface area (Å²) in [5.41, 5.74) is 5.66. The van der Waals surface area contributed by atoms with Gasteiger partial charge in [0.2, 0.25) is 0 Å².